The zero-order valence-corrected chi connectivity index (χ0v) is 13.7. The second kappa shape index (κ2) is 4.75. The van der Waals surface area contributed by atoms with Crippen molar-refractivity contribution in [2.45, 2.75) is 13.5 Å². The molecule has 4 heteroatoms. The maximum Gasteiger partial charge on any atom is 0.0495 e. The third-order valence-corrected chi connectivity index (χ3v) is 4.98. The highest BCUT2D eigenvalue weighted by Crippen LogP contribution is 2.33. The smallest absolute Gasteiger partial charge is 0.0495 e. The van der Waals surface area contributed by atoms with Gasteiger partial charge < -0.3 is 9.47 Å². The molecule has 0 atom stereocenters. The van der Waals surface area contributed by atoms with Gasteiger partial charge in [-0.3, -0.25) is 0 Å². The fourth-order valence-electron chi connectivity index (χ4n) is 2.15. The first-order chi connectivity index (χ1) is 7.91. The molecular weight excluding hydrogens is 344 g/mol. The summed E-state index contributed by atoms with van der Waals surface area (Å²) >= 11 is 7.15. The van der Waals surface area contributed by atoms with E-state index in [9.17, 15) is 0 Å². The van der Waals surface area contributed by atoms with Crippen LogP contribution in [0.3, 0.4) is 0 Å². The summed E-state index contributed by atoms with van der Waals surface area (Å²) in [6, 6.07) is 4.37. The standard InChI is InChI=1S/C13H16Br2N2/c1-8-10(7-16(2)3)9-5-11(14)12(15)6-13(9)17(8)4/h5-6H,7H2,1-4H3. The average Bonchev–Trinajstić information content (AvgIpc) is 2.45. The van der Waals surface area contributed by atoms with E-state index < -0.39 is 0 Å². The molecule has 0 unspecified atom stereocenters. The van der Waals surface area contributed by atoms with Crippen LogP contribution in [0.25, 0.3) is 10.9 Å². The maximum absolute atomic E-state index is 3.58. The van der Waals surface area contributed by atoms with Crippen molar-refractivity contribution < 1.29 is 0 Å². The summed E-state index contributed by atoms with van der Waals surface area (Å²) in [6.07, 6.45) is 0. The van der Waals surface area contributed by atoms with E-state index in [0.29, 0.717) is 0 Å². The van der Waals surface area contributed by atoms with Gasteiger partial charge in [-0.05, 0) is 70.6 Å². The number of benzene rings is 1. The second-order valence-electron chi connectivity index (χ2n) is 4.64. The summed E-state index contributed by atoms with van der Waals surface area (Å²) in [5.74, 6) is 0. The monoisotopic (exact) mass is 358 g/mol. The van der Waals surface area contributed by atoms with Gasteiger partial charge in [0.2, 0.25) is 0 Å². The van der Waals surface area contributed by atoms with E-state index in [1.807, 2.05) is 0 Å². The molecule has 1 heterocycles. The van der Waals surface area contributed by atoms with Crippen molar-refractivity contribution in [3.63, 3.8) is 0 Å². The Morgan fingerprint density at radius 3 is 2.35 bits per heavy atom. The van der Waals surface area contributed by atoms with Crippen LogP contribution in [0.4, 0.5) is 0 Å². The van der Waals surface area contributed by atoms with E-state index in [1.165, 1.54) is 22.2 Å². The normalized spacial score (nSPS) is 11.7. The number of aromatic nitrogens is 1. The minimum absolute atomic E-state index is 0.969. The summed E-state index contributed by atoms with van der Waals surface area (Å²) in [5, 5.41) is 1.33. The Kier molecular flexibility index (Phi) is 3.66. The van der Waals surface area contributed by atoms with Crippen molar-refractivity contribution in [2.75, 3.05) is 14.1 Å². The fraction of sp³-hybridized carbons (Fsp3) is 0.385. The zero-order valence-electron chi connectivity index (χ0n) is 10.5. The zero-order chi connectivity index (χ0) is 12.7. The van der Waals surface area contributed by atoms with Crippen LogP contribution in [0.2, 0.25) is 0 Å². The number of halogens is 2. The molecule has 2 nitrogen and oxygen atoms in total. The summed E-state index contributed by atoms with van der Waals surface area (Å²) in [6.45, 7) is 3.15. The summed E-state index contributed by atoms with van der Waals surface area (Å²) in [7, 11) is 6.33. The first kappa shape index (κ1) is 13.1. The Hall–Kier alpha value is -0.320. The van der Waals surface area contributed by atoms with E-state index in [4.69, 9.17) is 0 Å². The Morgan fingerprint density at radius 2 is 1.76 bits per heavy atom. The lowest BCUT2D eigenvalue weighted by molar-refractivity contribution is 0.402. The molecule has 0 aliphatic heterocycles. The average molecular weight is 360 g/mol. The summed E-state index contributed by atoms with van der Waals surface area (Å²) in [5.41, 5.74) is 4.01. The molecule has 17 heavy (non-hydrogen) atoms. The lowest BCUT2D eigenvalue weighted by atomic mass is 10.1. The molecule has 0 radical (unpaired) electrons. The van der Waals surface area contributed by atoms with Crippen molar-refractivity contribution in [2.24, 2.45) is 7.05 Å². The van der Waals surface area contributed by atoms with Crippen molar-refractivity contribution in [1.29, 1.82) is 0 Å². The molecule has 0 saturated carbocycles. The summed E-state index contributed by atoms with van der Waals surface area (Å²) in [4.78, 5) is 2.21. The Labute approximate surface area is 119 Å². The van der Waals surface area contributed by atoms with Crippen LogP contribution < -0.4 is 0 Å². The number of hydrogen-bond acceptors (Lipinski definition) is 1. The van der Waals surface area contributed by atoms with Gasteiger partial charge in [-0.15, -0.1) is 0 Å². The van der Waals surface area contributed by atoms with Gasteiger partial charge in [0, 0.05) is 39.1 Å². The molecule has 0 aliphatic carbocycles. The first-order valence-electron chi connectivity index (χ1n) is 5.49. The number of hydrogen-bond donors (Lipinski definition) is 0. The van der Waals surface area contributed by atoms with Crippen molar-refractivity contribution in [3.8, 4) is 0 Å². The third-order valence-electron chi connectivity index (χ3n) is 3.14. The van der Waals surface area contributed by atoms with Gasteiger partial charge in [0.25, 0.3) is 0 Å². The van der Waals surface area contributed by atoms with Gasteiger partial charge >= 0.3 is 0 Å². The van der Waals surface area contributed by atoms with E-state index in [-0.39, 0.29) is 0 Å². The van der Waals surface area contributed by atoms with Crippen molar-refractivity contribution >= 4 is 42.8 Å². The lowest BCUT2D eigenvalue weighted by Gasteiger charge is -2.10. The van der Waals surface area contributed by atoms with Gasteiger partial charge in [-0.2, -0.15) is 0 Å². The Balaban J connectivity index is 2.74. The Morgan fingerprint density at radius 1 is 1.18 bits per heavy atom. The minimum atomic E-state index is 0.969. The highest BCUT2D eigenvalue weighted by atomic mass is 79.9. The number of nitrogens with zero attached hydrogens (tertiary/aromatic N) is 2. The van der Waals surface area contributed by atoms with Crippen LogP contribution in [0.1, 0.15) is 11.3 Å². The molecule has 2 rings (SSSR count). The van der Waals surface area contributed by atoms with Gasteiger partial charge in [0.1, 0.15) is 0 Å². The molecule has 92 valence electrons. The largest absolute Gasteiger partial charge is 0.348 e. The first-order valence-corrected chi connectivity index (χ1v) is 7.08. The number of fused-ring (bicyclic) bond motifs is 1. The molecule has 2 aromatic rings. The predicted molar refractivity (Wildman–Crippen MR) is 80.4 cm³/mol. The van der Waals surface area contributed by atoms with Crippen molar-refractivity contribution in [1.82, 2.24) is 9.47 Å². The van der Waals surface area contributed by atoms with E-state index >= 15 is 0 Å². The molecule has 0 aliphatic rings. The molecule has 1 aromatic heterocycles. The van der Waals surface area contributed by atoms with E-state index in [2.05, 4.69) is 81.5 Å². The van der Waals surface area contributed by atoms with Crippen molar-refractivity contribution in [3.05, 3.63) is 32.3 Å². The molecule has 0 amide bonds. The third kappa shape index (κ3) is 2.30. The highest BCUT2D eigenvalue weighted by molar-refractivity contribution is 9.13. The molecule has 0 N–H and O–H groups in total. The van der Waals surface area contributed by atoms with Gasteiger partial charge in [-0.25, -0.2) is 0 Å². The van der Waals surface area contributed by atoms with Crippen LogP contribution in [-0.2, 0) is 13.6 Å². The molecular formula is C13H16Br2N2. The molecule has 0 bridgehead atoms. The van der Waals surface area contributed by atoms with Crippen LogP contribution in [0.15, 0.2) is 21.1 Å². The number of rotatable bonds is 2. The van der Waals surface area contributed by atoms with Gasteiger partial charge in [0.05, 0.1) is 0 Å². The molecule has 0 saturated heterocycles. The van der Waals surface area contributed by atoms with Gasteiger partial charge in [0.15, 0.2) is 0 Å². The quantitative estimate of drug-likeness (QED) is 0.784. The molecule has 0 fully saturated rings. The topological polar surface area (TPSA) is 8.17 Å². The van der Waals surface area contributed by atoms with Crippen LogP contribution in [0.5, 0.6) is 0 Å². The van der Waals surface area contributed by atoms with Gasteiger partial charge in [-0.1, -0.05) is 0 Å². The van der Waals surface area contributed by atoms with Crippen LogP contribution >= 0.6 is 31.9 Å². The molecule has 1 aromatic carbocycles. The number of aryl methyl sites for hydroxylation is 1. The maximum atomic E-state index is 3.58. The van der Waals surface area contributed by atoms with E-state index in [1.54, 1.807) is 0 Å². The Bertz CT molecular complexity index is 571. The summed E-state index contributed by atoms with van der Waals surface area (Å²) < 4.78 is 4.46. The molecule has 0 spiro atoms. The van der Waals surface area contributed by atoms with Crippen LogP contribution in [0, 0.1) is 6.92 Å². The second-order valence-corrected chi connectivity index (χ2v) is 6.35. The fourth-order valence-corrected chi connectivity index (χ4v) is 2.82. The SMILES string of the molecule is Cc1c(CN(C)C)c2cc(Br)c(Br)cc2n1C. The predicted octanol–water partition coefficient (Wildman–Crippen LogP) is 4.07. The lowest BCUT2D eigenvalue weighted by Crippen LogP contribution is -2.11. The highest BCUT2D eigenvalue weighted by Gasteiger charge is 2.14. The van der Waals surface area contributed by atoms with E-state index in [0.717, 1.165) is 15.5 Å². The van der Waals surface area contributed by atoms with Crippen LogP contribution in [-0.4, -0.2) is 23.6 Å². The minimum Gasteiger partial charge on any atom is -0.348 e.